The first-order valence-corrected chi connectivity index (χ1v) is 6.55. The molecular formula is C15H20N2O2. The zero-order valence-corrected chi connectivity index (χ0v) is 11.2. The van der Waals surface area contributed by atoms with Gasteiger partial charge in [0.25, 0.3) is 0 Å². The van der Waals surface area contributed by atoms with E-state index in [1.165, 1.54) is 0 Å². The van der Waals surface area contributed by atoms with E-state index < -0.39 is 0 Å². The number of amides is 1. The van der Waals surface area contributed by atoms with Crippen LogP contribution in [-0.2, 0) is 9.53 Å². The predicted molar refractivity (Wildman–Crippen MR) is 76.5 cm³/mol. The van der Waals surface area contributed by atoms with Gasteiger partial charge in [0.15, 0.2) is 0 Å². The first-order valence-electron chi connectivity index (χ1n) is 6.55. The summed E-state index contributed by atoms with van der Waals surface area (Å²) in [6.45, 7) is 1.48. The summed E-state index contributed by atoms with van der Waals surface area (Å²) in [5, 5.41) is 0. The number of hydrogen-bond acceptors (Lipinski definition) is 3. The van der Waals surface area contributed by atoms with Crippen molar-refractivity contribution in [1.82, 2.24) is 4.90 Å². The molecule has 1 saturated heterocycles. The number of anilines is 1. The Morgan fingerprint density at radius 2 is 1.95 bits per heavy atom. The van der Waals surface area contributed by atoms with E-state index in [4.69, 9.17) is 10.5 Å². The molecule has 1 fully saturated rings. The Morgan fingerprint density at radius 1 is 1.32 bits per heavy atom. The minimum atomic E-state index is 0.0312. The highest BCUT2D eigenvalue weighted by Crippen LogP contribution is 2.14. The predicted octanol–water partition coefficient (Wildman–Crippen LogP) is 1.92. The Labute approximate surface area is 113 Å². The van der Waals surface area contributed by atoms with Crippen LogP contribution in [0.2, 0.25) is 0 Å². The van der Waals surface area contributed by atoms with Crippen molar-refractivity contribution in [2.75, 3.05) is 26.0 Å². The van der Waals surface area contributed by atoms with Gasteiger partial charge >= 0.3 is 0 Å². The van der Waals surface area contributed by atoms with Crippen LogP contribution in [0.15, 0.2) is 30.3 Å². The molecule has 0 radical (unpaired) electrons. The molecule has 1 aliphatic rings. The molecule has 2 N–H and O–H groups in total. The van der Waals surface area contributed by atoms with Gasteiger partial charge in [0.1, 0.15) is 0 Å². The lowest BCUT2D eigenvalue weighted by molar-refractivity contribution is -0.128. The minimum absolute atomic E-state index is 0.0312. The van der Waals surface area contributed by atoms with Crippen LogP contribution in [0.5, 0.6) is 0 Å². The topological polar surface area (TPSA) is 55.6 Å². The molecule has 1 aromatic rings. The number of nitrogens with two attached hydrogens (primary N) is 1. The van der Waals surface area contributed by atoms with Gasteiger partial charge in [-0.05, 0) is 36.6 Å². The number of hydrogen-bond donors (Lipinski definition) is 1. The zero-order valence-electron chi connectivity index (χ0n) is 11.2. The molecule has 1 heterocycles. The molecule has 102 valence electrons. The average molecular weight is 260 g/mol. The summed E-state index contributed by atoms with van der Waals surface area (Å²) < 4.78 is 5.30. The second kappa shape index (κ2) is 6.38. The van der Waals surface area contributed by atoms with E-state index in [0.29, 0.717) is 0 Å². The molecule has 0 saturated carbocycles. The Kier molecular flexibility index (Phi) is 4.58. The Morgan fingerprint density at radius 3 is 2.58 bits per heavy atom. The van der Waals surface area contributed by atoms with Crippen molar-refractivity contribution < 1.29 is 9.53 Å². The van der Waals surface area contributed by atoms with Gasteiger partial charge in [0, 0.05) is 38.1 Å². The lowest BCUT2D eigenvalue weighted by Crippen LogP contribution is -2.39. The van der Waals surface area contributed by atoms with Gasteiger partial charge in [-0.3, -0.25) is 4.79 Å². The van der Waals surface area contributed by atoms with E-state index in [1.807, 2.05) is 37.4 Å². The maximum absolute atomic E-state index is 12.1. The molecule has 4 heteroatoms. The van der Waals surface area contributed by atoms with Crippen molar-refractivity contribution in [2.45, 2.75) is 18.9 Å². The first-order chi connectivity index (χ1) is 9.16. The summed E-state index contributed by atoms with van der Waals surface area (Å²) in [7, 11) is 1.85. The maximum Gasteiger partial charge on any atom is 0.246 e. The second-order valence-corrected chi connectivity index (χ2v) is 4.79. The molecule has 4 nitrogen and oxygen atoms in total. The Bertz CT molecular complexity index is 448. The Balaban J connectivity index is 1.93. The van der Waals surface area contributed by atoms with E-state index in [-0.39, 0.29) is 11.9 Å². The van der Waals surface area contributed by atoms with Gasteiger partial charge in [-0.15, -0.1) is 0 Å². The first kappa shape index (κ1) is 13.6. The third kappa shape index (κ3) is 3.83. The number of nitrogen functional groups attached to an aromatic ring is 1. The highest BCUT2D eigenvalue weighted by Gasteiger charge is 2.20. The van der Waals surface area contributed by atoms with Crippen molar-refractivity contribution in [1.29, 1.82) is 0 Å². The highest BCUT2D eigenvalue weighted by molar-refractivity contribution is 5.91. The summed E-state index contributed by atoms with van der Waals surface area (Å²) in [5.74, 6) is 0.0312. The number of carbonyl (C=O) groups excluding carboxylic acids is 1. The molecule has 2 rings (SSSR count). The van der Waals surface area contributed by atoms with Crippen molar-refractivity contribution in [3.05, 3.63) is 35.9 Å². The third-order valence-corrected chi connectivity index (χ3v) is 3.44. The molecule has 1 aliphatic heterocycles. The van der Waals surface area contributed by atoms with E-state index in [0.717, 1.165) is 37.3 Å². The van der Waals surface area contributed by atoms with Gasteiger partial charge in [-0.2, -0.15) is 0 Å². The smallest absolute Gasteiger partial charge is 0.246 e. The van der Waals surface area contributed by atoms with Crippen LogP contribution in [0.25, 0.3) is 6.08 Å². The molecule has 0 spiro atoms. The van der Waals surface area contributed by atoms with Crippen molar-refractivity contribution in [3.63, 3.8) is 0 Å². The second-order valence-electron chi connectivity index (χ2n) is 4.79. The van der Waals surface area contributed by atoms with Crippen LogP contribution in [0, 0.1) is 0 Å². The SMILES string of the molecule is CN(C(=O)/C=C/c1ccc(N)cc1)C1CCOCC1. The van der Waals surface area contributed by atoms with Gasteiger partial charge in [-0.1, -0.05) is 12.1 Å². The molecule has 19 heavy (non-hydrogen) atoms. The lowest BCUT2D eigenvalue weighted by atomic mass is 10.1. The lowest BCUT2D eigenvalue weighted by Gasteiger charge is -2.30. The van der Waals surface area contributed by atoms with Crippen molar-refractivity contribution >= 4 is 17.7 Å². The summed E-state index contributed by atoms with van der Waals surface area (Å²) >= 11 is 0. The van der Waals surface area contributed by atoms with Crippen LogP contribution < -0.4 is 5.73 Å². The molecule has 0 aromatic heterocycles. The number of benzene rings is 1. The summed E-state index contributed by atoms with van der Waals surface area (Å²) in [4.78, 5) is 13.9. The number of ether oxygens (including phenoxy) is 1. The zero-order chi connectivity index (χ0) is 13.7. The van der Waals surface area contributed by atoms with Crippen molar-refractivity contribution in [2.24, 2.45) is 0 Å². The van der Waals surface area contributed by atoms with Gasteiger partial charge in [0.2, 0.25) is 5.91 Å². The Hall–Kier alpha value is -1.81. The molecule has 1 aromatic carbocycles. The average Bonchev–Trinajstić information content (AvgIpc) is 2.46. The molecule has 0 atom stereocenters. The maximum atomic E-state index is 12.1. The number of rotatable bonds is 3. The number of likely N-dealkylation sites (N-methyl/N-ethyl adjacent to an activating group) is 1. The fourth-order valence-corrected chi connectivity index (χ4v) is 2.14. The monoisotopic (exact) mass is 260 g/mol. The van der Waals surface area contributed by atoms with Gasteiger partial charge in [0.05, 0.1) is 0 Å². The van der Waals surface area contributed by atoms with Gasteiger partial charge in [-0.25, -0.2) is 0 Å². The molecular weight excluding hydrogens is 240 g/mol. The quantitative estimate of drug-likeness (QED) is 0.667. The van der Waals surface area contributed by atoms with Crippen LogP contribution in [0.3, 0.4) is 0 Å². The fourth-order valence-electron chi connectivity index (χ4n) is 2.14. The van der Waals surface area contributed by atoms with Gasteiger partial charge < -0.3 is 15.4 Å². The fraction of sp³-hybridized carbons (Fsp3) is 0.400. The van der Waals surface area contributed by atoms with E-state index in [2.05, 4.69) is 0 Å². The molecule has 0 aliphatic carbocycles. The molecule has 0 unspecified atom stereocenters. The molecule has 0 bridgehead atoms. The van der Waals surface area contributed by atoms with E-state index in [1.54, 1.807) is 11.0 Å². The van der Waals surface area contributed by atoms with Crippen LogP contribution in [0.1, 0.15) is 18.4 Å². The van der Waals surface area contributed by atoms with E-state index >= 15 is 0 Å². The normalized spacial score (nSPS) is 16.7. The van der Waals surface area contributed by atoms with Crippen LogP contribution in [0.4, 0.5) is 5.69 Å². The summed E-state index contributed by atoms with van der Waals surface area (Å²) in [5.41, 5.74) is 7.32. The highest BCUT2D eigenvalue weighted by atomic mass is 16.5. The van der Waals surface area contributed by atoms with Crippen LogP contribution in [-0.4, -0.2) is 37.1 Å². The summed E-state index contributed by atoms with van der Waals surface area (Å²) in [6, 6.07) is 7.73. The number of nitrogens with zero attached hydrogens (tertiary/aromatic N) is 1. The number of carbonyl (C=O) groups is 1. The molecule has 1 amide bonds. The standard InChI is InChI=1S/C15H20N2O2/c1-17(14-8-10-19-11-9-14)15(18)7-4-12-2-5-13(16)6-3-12/h2-7,14H,8-11,16H2,1H3/b7-4+. The van der Waals surface area contributed by atoms with Crippen molar-refractivity contribution in [3.8, 4) is 0 Å². The van der Waals surface area contributed by atoms with E-state index in [9.17, 15) is 4.79 Å². The van der Waals surface area contributed by atoms with Crippen LogP contribution >= 0.6 is 0 Å². The third-order valence-electron chi connectivity index (χ3n) is 3.44. The minimum Gasteiger partial charge on any atom is -0.399 e. The summed E-state index contributed by atoms with van der Waals surface area (Å²) in [6.07, 6.45) is 5.26. The largest absolute Gasteiger partial charge is 0.399 e.